The molecule has 146 valence electrons. The number of amides is 1. The Morgan fingerprint density at radius 2 is 1.63 bits per heavy atom. The maximum atomic E-state index is 12.8. The molecule has 0 unspecified atom stereocenters. The highest BCUT2D eigenvalue weighted by molar-refractivity contribution is 14.1. The van der Waals surface area contributed by atoms with Crippen molar-refractivity contribution in [2.45, 2.75) is 23.4 Å². The largest absolute Gasteiger partial charge is 0.394 e. The summed E-state index contributed by atoms with van der Waals surface area (Å²) in [7, 11) is 0. The SMILES string of the molecule is Cc1ccc(C(=O)c2ccc(CC(=O)NC(CO)(CO)CO)n2CI)cc1. The molecular formula is C19H23IN2O5. The van der Waals surface area contributed by atoms with E-state index in [1.165, 1.54) is 0 Å². The lowest BCUT2D eigenvalue weighted by Crippen LogP contribution is -2.57. The van der Waals surface area contributed by atoms with Crippen LogP contribution in [0.15, 0.2) is 36.4 Å². The van der Waals surface area contributed by atoms with Crippen molar-refractivity contribution < 1.29 is 24.9 Å². The van der Waals surface area contributed by atoms with Gasteiger partial charge in [0.15, 0.2) is 0 Å². The number of rotatable bonds is 9. The summed E-state index contributed by atoms with van der Waals surface area (Å²) in [5.74, 6) is -0.598. The smallest absolute Gasteiger partial charge is 0.226 e. The predicted molar refractivity (Wildman–Crippen MR) is 109 cm³/mol. The first kappa shape index (κ1) is 21.5. The van der Waals surface area contributed by atoms with Gasteiger partial charge in [-0.1, -0.05) is 52.4 Å². The average molecular weight is 486 g/mol. The van der Waals surface area contributed by atoms with Crippen LogP contribution in [0.5, 0.6) is 0 Å². The highest BCUT2D eigenvalue weighted by atomic mass is 127. The molecule has 1 heterocycles. The zero-order valence-corrected chi connectivity index (χ0v) is 17.1. The molecule has 7 nitrogen and oxygen atoms in total. The molecule has 0 fully saturated rings. The fourth-order valence-corrected chi connectivity index (χ4v) is 3.44. The number of nitrogens with one attached hydrogen (secondary N) is 1. The Morgan fingerprint density at radius 3 is 2.15 bits per heavy atom. The lowest BCUT2D eigenvalue weighted by atomic mass is 10.0. The molecule has 0 spiro atoms. The van der Waals surface area contributed by atoms with E-state index in [-0.39, 0.29) is 12.2 Å². The first-order valence-electron chi connectivity index (χ1n) is 8.39. The second-order valence-electron chi connectivity index (χ2n) is 6.43. The second-order valence-corrected chi connectivity index (χ2v) is 7.11. The molecule has 1 aromatic carbocycles. The molecule has 0 atom stereocenters. The van der Waals surface area contributed by atoms with Crippen molar-refractivity contribution in [2.75, 3.05) is 19.8 Å². The minimum absolute atomic E-state index is 0.0497. The highest BCUT2D eigenvalue weighted by Crippen LogP contribution is 2.18. The third kappa shape index (κ3) is 4.95. The van der Waals surface area contributed by atoms with Gasteiger partial charge in [0.1, 0.15) is 5.54 Å². The molecule has 27 heavy (non-hydrogen) atoms. The summed E-state index contributed by atoms with van der Waals surface area (Å²) in [6.45, 7) is 0.187. The van der Waals surface area contributed by atoms with Gasteiger partial charge in [-0.05, 0) is 19.1 Å². The number of nitrogens with zero attached hydrogens (tertiary/aromatic N) is 1. The number of halogens is 1. The van der Waals surface area contributed by atoms with Gasteiger partial charge in [0.05, 0.1) is 36.5 Å². The lowest BCUT2D eigenvalue weighted by Gasteiger charge is -2.28. The van der Waals surface area contributed by atoms with Gasteiger partial charge in [-0.15, -0.1) is 0 Å². The second kappa shape index (κ2) is 9.45. The van der Waals surface area contributed by atoms with Gasteiger partial charge >= 0.3 is 0 Å². The first-order chi connectivity index (χ1) is 12.9. The van der Waals surface area contributed by atoms with E-state index in [9.17, 15) is 24.9 Å². The van der Waals surface area contributed by atoms with Crippen molar-refractivity contribution in [1.82, 2.24) is 9.88 Å². The molecule has 8 heteroatoms. The molecule has 0 bridgehead atoms. The number of hydrogen-bond acceptors (Lipinski definition) is 5. The molecule has 0 aliphatic heterocycles. The lowest BCUT2D eigenvalue weighted by molar-refractivity contribution is -0.124. The molecular weight excluding hydrogens is 463 g/mol. The Labute approximate surface area is 171 Å². The van der Waals surface area contributed by atoms with E-state index in [1.54, 1.807) is 28.8 Å². The van der Waals surface area contributed by atoms with Crippen LogP contribution in [0.25, 0.3) is 0 Å². The zero-order valence-electron chi connectivity index (χ0n) is 15.0. The van der Waals surface area contributed by atoms with E-state index in [1.807, 2.05) is 19.1 Å². The minimum atomic E-state index is -1.47. The van der Waals surface area contributed by atoms with E-state index in [4.69, 9.17) is 0 Å². The van der Waals surface area contributed by atoms with E-state index in [0.717, 1.165) is 5.56 Å². The fraction of sp³-hybridized carbons (Fsp3) is 0.368. The summed E-state index contributed by atoms with van der Waals surface area (Å²) in [5.41, 5.74) is 1.27. The molecule has 0 aliphatic carbocycles. The summed E-state index contributed by atoms with van der Waals surface area (Å²) in [6.07, 6.45) is -0.0497. The molecule has 2 aromatic rings. The van der Waals surface area contributed by atoms with Crippen molar-refractivity contribution in [2.24, 2.45) is 0 Å². The van der Waals surface area contributed by atoms with Crippen molar-refractivity contribution >= 4 is 34.3 Å². The number of aryl methyl sites for hydroxylation is 1. The number of aromatic nitrogens is 1. The maximum absolute atomic E-state index is 12.8. The maximum Gasteiger partial charge on any atom is 0.226 e. The van der Waals surface area contributed by atoms with Crippen molar-refractivity contribution in [1.29, 1.82) is 0 Å². The Bertz CT molecular complexity index is 789. The van der Waals surface area contributed by atoms with Crippen LogP contribution >= 0.6 is 22.6 Å². The number of carbonyl (C=O) groups is 2. The van der Waals surface area contributed by atoms with Crippen molar-refractivity contribution in [3.8, 4) is 0 Å². The number of hydrogen-bond donors (Lipinski definition) is 4. The average Bonchev–Trinajstić information content (AvgIpc) is 3.08. The van der Waals surface area contributed by atoms with Crippen LogP contribution in [0.1, 0.15) is 27.3 Å². The Morgan fingerprint density at radius 1 is 1.04 bits per heavy atom. The monoisotopic (exact) mass is 486 g/mol. The van der Waals surface area contributed by atoms with Crippen LogP contribution in [0.2, 0.25) is 0 Å². The number of alkyl halides is 1. The minimum Gasteiger partial charge on any atom is -0.394 e. The van der Waals surface area contributed by atoms with Crippen LogP contribution < -0.4 is 5.32 Å². The van der Waals surface area contributed by atoms with Gasteiger partial charge in [0.2, 0.25) is 11.7 Å². The third-order valence-electron chi connectivity index (χ3n) is 4.39. The molecule has 2 rings (SSSR count). The van der Waals surface area contributed by atoms with Gasteiger partial charge in [-0.2, -0.15) is 0 Å². The summed E-state index contributed by atoms with van der Waals surface area (Å²) >= 11 is 2.12. The topological polar surface area (TPSA) is 112 Å². The van der Waals surface area contributed by atoms with Crippen LogP contribution in [0, 0.1) is 6.92 Å². The molecule has 0 saturated carbocycles. The summed E-state index contributed by atoms with van der Waals surface area (Å²) in [6, 6.07) is 10.7. The standard InChI is InChI=1S/C19H23IN2O5/c1-13-2-4-14(5-3-13)18(27)16-7-6-15(22(16)12-20)8-17(26)21-19(9-23,10-24)11-25/h2-7,23-25H,8-12H2,1H3,(H,21,26). The number of carbonyl (C=O) groups excluding carboxylic acids is 2. The molecule has 0 saturated heterocycles. The van der Waals surface area contributed by atoms with Crippen molar-refractivity contribution in [3.63, 3.8) is 0 Å². The molecule has 1 amide bonds. The van der Waals surface area contributed by atoms with E-state index in [0.29, 0.717) is 21.5 Å². The van der Waals surface area contributed by atoms with Crippen LogP contribution in [0.3, 0.4) is 0 Å². The van der Waals surface area contributed by atoms with Crippen LogP contribution in [-0.4, -0.2) is 56.9 Å². The third-order valence-corrected chi connectivity index (χ3v) is 5.07. The summed E-state index contributed by atoms with van der Waals surface area (Å²) < 4.78 is 2.23. The van der Waals surface area contributed by atoms with E-state index >= 15 is 0 Å². The normalized spacial score (nSPS) is 11.4. The van der Waals surface area contributed by atoms with Gasteiger partial charge in [0.25, 0.3) is 0 Å². The number of aliphatic hydroxyl groups excluding tert-OH is 3. The summed E-state index contributed by atoms with van der Waals surface area (Å²) in [5, 5.41) is 30.5. The van der Waals surface area contributed by atoms with Crippen molar-refractivity contribution in [3.05, 3.63) is 58.9 Å². The van der Waals surface area contributed by atoms with Gasteiger partial charge in [-0.3, -0.25) is 9.59 Å². The van der Waals surface area contributed by atoms with Gasteiger partial charge < -0.3 is 25.2 Å². The molecule has 1 aromatic heterocycles. The Balaban J connectivity index is 2.21. The molecule has 0 radical (unpaired) electrons. The predicted octanol–water partition coefficient (Wildman–Crippen LogP) is 0.794. The van der Waals surface area contributed by atoms with Crippen LogP contribution in [-0.2, 0) is 15.8 Å². The number of aliphatic hydroxyl groups is 3. The Kier molecular flexibility index (Phi) is 7.54. The fourth-order valence-electron chi connectivity index (χ4n) is 2.63. The summed E-state index contributed by atoms with van der Waals surface area (Å²) in [4.78, 5) is 25.1. The zero-order chi connectivity index (χ0) is 20.0. The Hall–Kier alpha value is -1.75. The van der Waals surface area contributed by atoms with Crippen LogP contribution in [0.4, 0.5) is 0 Å². The van der Waals surface area contributed by atoms with Gasteiger partial charge in [-0.25, -0.2) is 0 Å². The molecule has 0 aliphatic rings. The van der Waals surface area contributed by atoms with Gasteiger partial charge in [0, 0.05) is 11.3 Å². The number of benzene rings is 1. The highest BCUT2D eigenvalue weighted by Gasteiger charge is 2.30. The van der Waals surface area contributed by atoms with E-state index < -0.39 is 31.3 Å². The number of ketones is 1. The van der Waals surface area contributed by atoms with E-state index in [2.05, 4.69) is 27.9 Å². The quantitative estimate of drug-likeness (QED) is 0.238. The first-order valence-corrected chi connectivity index (χ1v) is 9.91. The molecule has 4 N–H and O–H groups in total.